The molecule has 0 saturated carbocycles. The van der Waals surface area contributed by atoms with E-state index in [0.29, 0.717) is 27.3 Å². The molecule has 9 nitrogen and oxygen atoms in total. The van der Waals surface area contributed by atoms with Crippen LogP contribution in [0.3, 0.4) is 0 Å². The van der Waals surface area contributed by atoms with Crippen LogP contribution < -0.4 is 16.7 Å². The normalized spacial score (nSPS) is 13.9. The summed E-state index contributed by atoms with van der Waals surface area (Å²) >= 11 is 4.77. The molecular weight excluding hydrogens is 374 g/mol. The minimum Gasteiger partial charge on any atom is -0.422 e. The minimum atomic E-state index is -0.903. The van der Waals surface area contributed by atoms with E-state index in [-0.39, 0.29) is 23.5 Å². The van der Waals surface area contributed by atoms with Crippen LogP contribution in [0.1, 0.15) is 24.0 Å². The van der Waals surface area contributed by atoms with Gasteiger partial charge in [-0.15, -0.1) is 5.06 Å². The predicted octanol–water partition coefficient (Wildman–Crippen LogP) is 0.907. The van der Waals surface area contributed by atoms with Crippen molar-refractivity contribution in [2.45, 2.75) is 26.2 Å². The van der Waals surface area contributed by atoms with Crippen LogP contribution in [0.15, 0.2) is 27.4 Å². The van der Waals surface area contributed by atoms with Gasteiger partial charge >= 0.3 is 11.6 Å². The Bertz CT molecular complexity index is 1030. The smallest absolute Gasteiger partial charge is 0.340 e. The lowest BCUT2D eigenvalue weighted by atomic mass is 10.0. The molecule has 140 valence electrons. The molecule has 3 N–H and O–H groups in total. The van der Waals surface area contributed by atoms with E-state index in [1.54, 1.807) is 25.1 Å². The number of hydrogen-bond acceptors (Lipinski definition) is 7. The first-order valence-corrected chi connectivity index (χ1v) is 8.36. The number of hydrogen-bond donors (Lipinski definition) is 2. The number of benzene rings is 1. The Labute approximate surface area is 158 Å². The highest BCUT2D eigenvalue weighted by Gasteiger charge is 2.33. The number of nitrogens with two attached hydrogens (primary N) is 1. The highest BCUT2D eigenvalue weighted by Crippen LogP contribution is 2.23. The fourth-order valence-electron chi connectivity index (χ4n) is 2.75. The molecule has 0 unspecified atom stereocenters. The molecule has 1 aliphatic heterocycles. The largest absolute Gasteiger partial charge is 0.422 e. The van der Waals surface area contributed by atoms with Crippen LogP contribution >= 0.6 is 12.2 Å². The lowest BCUT2D eigenvalue weighted by molar-refractivity contribution is -0.197. The molecule has 0 aliphatic carbocycles. The topological polar surface area (TPSA) is 132 Å². The maximum atomic E-state index is 12.3. The van der Waals surface area contributed by atoms with E-state index in [2.05, 4.69) is 5.32 Å². The maximum Gasteiger partial charge on any atom is 0.340 e. The number of carbonyl (C=O) groups excluding carboxylic acids is 3. The van der Waals surface area contributed by atoms with Crippen molar-refractivity contribution in [1.29, 1.82) is 0 Å². The number of amides is 2. The second-order valence-electron chi connectivity index (χ2n) is 5.92. The van der Waals surface area contributed by atoms with Crippen molar-refractivity contribution < 1.29 is 23.6 Å². The summed E-state index contributed by atoms with van der Waals surface area (Å²) in [6.07, 6.45) is -0.453. The molecule has 0 radical (unpaired) electrons. The van der Waals surface area contributed by atoms with Crippen LogP contribution in [0.25, 0.3) is 11.0 Å². The van der Waals surface area contributed by atoms with Gasteiger partial charge in [0.05, 0.1) is 12.0 Å². The summed E-state index contributed by atoms with van der Waals surface area (Å²) in [5, 5.41) is 3.85. The number of rotatable bonds is 4. The second-order valence-corrected chi connectivity index (χ2v) is 6.36. The lowest BCUT2D eigenvalue weighted by Gasteiger charge is -2.13. The monoisotopic (exact) mass is 389 g/mol. The molecule has 1 saturated heterocycles. The van der Waals surface area contributed by atoms with Gasteiger partial charge in [-0.1, -0.05) is 0 Å². The van der Waals surface area contributed by atoms with E-state index in [1.807, 2.05) is 0 Å². The van der Waals surface area contributed by atoms with Crippen LogP contribution in [-0.4, -0.2) is 28.0 Å². The number of aryl methyl sites for hydroxylation is 1. The number of thiocarbonyl (C=S) groups is 1. The van der Waals surface area contributed by atoms with Crippen LogP contribution in [0.5, 0.6) is 0 Å². The van der Waals surface area contributed by atoms with E-state index in [4.69, 9.17) is 27.2 Å². The summed E-state index contributed by atoms with van der Waals surface area (Å²) in [7, 11) is 0. The third kappa shape index (κ3) is 3.80. The lowest BCUT2D eigenvalue weighted by Crippen LogP contribution is -2.33. The second kappa shape index (κ2) is 7.16. The highest BCUT2D eigenvalue weighted by atomic mass is 32.1. The number of nitrogens with one attached hydrogen (secondary N) is 1. The Balaban J connectivity index is 1.87. The minimum absolute atomic E-state index is 0.00808. The zero-order valence-corrected chi connectivity index (χ0v) is 15.1. The van der Waals surface area contributed by atoms with Crippen molar-refractivity contribution in [2.24, 2.45) is 5.73 Å². The summed E-state index contributed by atoms with van der Waals surface area (Å²) in [6, 6.07) is 4.95. The first-order valence-electron chi connectivity index (χ1n) is 7.95. The van der Waals surface area contributed by atoms with Gasteiger partial charge in [0.25, 0.3) is 11.8 Å². The molecule has 0 atom stereocenters. The van der Waals surface area contributed by atoms with Crippen molar-refractivity contribution in [1.82, 2.24) is 5.06 Å². The quantitative estimate of drug-likeness (QED) is 0.445. The van der Waals surface area contributed by atoms with Crippen LogP contribution in [0.4, 0.5) is 5.69 Å². The van der Waals surface area contributed by atoms with Gasteiger partial charge in [0, 0.05) is 30.0 Å². The van der Waals surface area contributed by atoms with E-state index >= 15 is 0 Å². The number of carbonyl (C=O) groups is 3. The van der Waals surface area contributed by atoms with E-state index in [9.17, 15) is 19.2 Å². The number of anilines is 1. The van der Waals surface area contributed by atoms with Crippen molar-refractivity contribution in [3.05, 3.63) is 39.7 Å². The van der Waals surface area contributed by atoms with Gasteiger partial charge in [-0.2, -0.15) is 0 Å². The first kappa shape index (κ1) is 18.5. The molecule has 1 aromatic carbocycles. The molecule has 27 heavy (non-hydrogen) atoms. The molecule has 0 bridgehead atoms. The summed E-state index contributed by atoms with van der Waals surface area (Å²) < 4.78 is 5.27. The standard InChI is InChI=1S/C17H15N3O6S/c1-8-10-3-2-9(19-17(18)27)6-12(10)25-16(24)11(8)7-15(23)26-20-13(21)4-5-14(20)22/h2-3,6H,4-5,7H2,1H3,(H3,18,19,27). The van der Waals surface area contributed by atoms with Crippen LogP contribution in [-0.2, 0) is 25.6 Å². The van der Waals surface area contributed by atoms with Gasteiger partial charge in [-0.25, -0.2) is 9.59 Å². The van der Waals surface area contributed by atoms with Crippen LogP contribution in [0, 0.1) is 6.92 Å². The molecule has 1 fully saturated rings. The predicted molar refractivity (Wildman–Crippen MR) is 98.5 cm³/mol. The van der Waals surface area contributed by atoms with Crippen molar-refractivity contribution >= 4 is 51.8 Å². The first-order chi connectivity index (χ1) is 12.8. The van der Waals surface area contributed by atoms with Gasteiger partial charge in [0.15, 0.2) is 5.11 Å². The third-order valence-electron chi connectivity index (χ3n) is 4.07. The maximum absolute atomic E-state index is 12.3. The van der Waals surface area contributed by atoms with Gasteiger partial charge in [0.1, 0.15) is 5.58 Å². The molecule has 10 heteroatoms. The van der Waals surface area contributed by atoms with Gasteiger partial charge in [-0.3, -0.25) is 9.59 Å². The van der Waals surface area contributed by atoms with Crippen molar-refractivity contribution in [3.63, 3.8) is 0 Å². The molecule has 1 aliphatic rings. The molecular formula is C17H15N3O6S. The summed E-state index contributed by atoms with van der Waals surface area (Å²) in [6.45, 7) is 1.66. The molecule has 2 amide bonds. The molecule has 2 heterocycles. The van der Waals surface area contributed by atoms with Gasteiger partial charge in [-0.05, 0) is 36.8 Å². The highest BCUT2D eigenvalue weighted by molar-refractivity contribution is 7.80. The zero-order chi connectivity index (χ0) is 19.7. The fourth-order valence-corrected chi connectivity index (χ4v) is 2.87. The van der Waals surface area contributed by atoms with Gasteiger partial charge in [0.2, 0.25) is 0 Å². The molecule has 3 rings (SSSR count). The van der Waals surface area contributed by atoms with Crippen molar-refractivity contribution in [3.8, 4) is 0 Å². The summed E-state index contributed by atoms with van der Waals surface area (Å²) in [5.41, 5.74) is 6.16. The average Bonchev–Trinajstić information content (AvgIpc) is 2.90. The number of fused-ring (bicyclic) bond motifs is 1. The van der Waals surface area contributed by atoms with E-state index < -0.39 is 29.8 Å². The summed E-state index contributed by atoms with van der Waals surface area (Å²) in [4.78, 5) is 52.2. The number of imide groups is 1. The van der Waals surface area contributed by atoms with Gasteiger partial charge < -0.3 is 20.3 Å². The number of nitrogens with zero attached hydrogens (tertiary/aromatic N) is 1. The number of hydroxylamine groups is 2. The molecule has 2 aromatic rings. The third-order valence-corrected chi connectivity index (χ3v) is 4.18. The summed E-state index contributed by atoms with van der Waals surface area (Å²) in [5.74, 6) is -2.08. The zero-order valence-electron chi connectivity index (χ0n) is 14.2. The Kier molecular flexibility index (Phi) is 4.91. The Morgan fingerprint density at radius 3 is 2.59 bits per heavy atom. The van der Waals surface area contributed by atoms with E-state index in [0.717, 1.165) is 0 Å². The fraction of sp³-hybridized carbons (Fsp3) is 0.235. The molecule has 0 spiro atoms. The SMILES string of the molecule is Cc1c(CC(=O)ON2C(=O)CCC2=O)c(=O)oc2cc(NC(N)=S)ccc12. The van der Waals surface area contributed by atoms with Crippen molar-refractivity contribution in [2.75, 3.05) is 5.32 Å². The van der Waals surface area contributed by atoms with E-state index in [1.165, 1.54) is 0 Å². The van der Waals surface area contributed by atoms with Crippen LogP contribution in [0.2, 0.25) is 0 Å². The average molecular weight is 389 g/mol. The Morgan fingerprint density at radius 2 is 1.96 bits per heavy atom. The molecule has 1 aromatic heterocycles. The Hall–Kier alpha value is -3.27. The Morgan fingerprint density at radius 1 is 1.30 bits per heavy atom.